The molecule has 0 aliphatic rings. The summed E-state index contributed by atoms with van der Waals surface area (Å²) >= 11 is 5.75. The molecule has 1 aromatic heterocycles. The predicted octanol–water partition coefficient (Wildman–Crippen LogP) is 3.32. The Morgan fingerprint density at radius 2 is 2.00 bits per heavy atom. The van der Waals surface area contributed by atoms with Gasteiger partial charge in [0.05, 0.1) is 12.6 Å². The molecule has 1 aromatic carbocycles. The van der Waals surface area contributed by atoms with Crippen molar-refractivity contribution in [1.29, 1.82) is 0 Å². The van der Waals surface area contributed by atoms with Crippen LogP contribution in [-0.2, 0) is 0 Å². The van der Waals surface area contributed by atoms with E-state index in [1.54, 1.807) is 13.2 Å². The van der Waals surface area contributed by atoms with Gasteiger partial charge in [0.25, 0.3) is 0 Å². The molecular weight excluding hydrogens is 221 g/mol. The monoisotopic (exact) mass is 229 g/mol. The summed E-state index contributed by atoms with van der Waals surface area (Å²) in [6.07, 6.45) is 0. The number of fused-ring (bicyclic) bond motifs is 1. The van der Waals surface area contributed by atoms with Crippen molar-refractivity contribution in [3.05, 3.63) is 35.5 Å². The quantitative estimate of drug-likeness (QED) is 0.701. The van der Waals surface area contributed by atoms with Crippen LogP contribution >= 0.6 is 24.0 Å². The minimum absolute atomic E-state index is 0. The molecular formula is C10H9Cl2NO. The van der Waals surface area contributed by atoms with Gasteiger partial charge in [-0.1, -0.05) is 11.6 Å². The van der Waals surface area contributed by atoms with Gasteiger partial charge in [-0.2, -0.15) is 0 Å². The molecule has 0 unspecified atom stereocenters. The number of hydrogen-bond acceptors (Lipinski definition) is 2. The number of aromatic nitrogens is 1. The molecule has 0 radical (unpaired) electrons. The first-order valence-electron chi connectivity index (χ1n) is 3.90. The van der Waals surface area contributed by atoms with Gasteiger partial charge in [0, 0.05) is 5.39 Å². The number of nitrogens with zero attached hydrogens (tertiary/aromatic N) is 1. The molecule has 0 saturated heterocycles. The van der Waals surface area contributed by atoms with E-state index in [4.69, 9.17) is 16.3 Å². The maximum Gasteiger partial charge on any atom is 0.129 e. The van der Waals surface area contributed by atoms with E-state index in [2.05, 4.69) is 4.98 Å². The lowest BCUT2D eigenvalue weighted by Gasteiger charge is -2.01. The Morgan fingerprint density at radius 1 is 1.21 bits per heavy atom. The third-order valence-electron chi connectivity index (χ3n) is 1.86. The minimum Gasteiger partial charge on any atom is -0.497 e. The minimum atomic E-state index is 0. The van der Waals surface area contributed by atoms with Crippen LogP contribution in [0.15, 0.2) is 30.3 Å². The lowest BCUT2D eigenvalue weighted by Crippen LogP contribution is -1.84. The molecule has 0 aliphatic heterocycles. The molecule has 0 atom stereocenters. The molecule has 14 heavy (non-hydrogen) atoms. The highest BCUT2D eigenvalue weighted by atomic mass is 35.5. The Balaban J connectivity index is 0.000000980. The number of pyridine rings is 1. The fraction of sp³-hybridized carbons (Fsp3) is 0.100. The second kappa shape index (κ2) is 4.49. The summed E-state index contributed by atoms with van der Waals surface area (Å²) in [5.41, 5.74) is 0.883. The molecule has 0 aliphatic carbocycles. The van der Waals surface area contributed by atoms with Crippen molar-refractivity contribution in [2.75, 3.05) is 7.11 Å². The van der Waals surface area contributed by atoms with Gasteiger partial charge in [-0.25, -0.2) is 4.98 Å². The topological polar surface area (TPSA) is 22.1 Å². The number of benzene rings is 1. The summed E-state index contributed by atoms with van der Waals surface area (Å²) in [5.74, 6) is 0.830. The van der Waals surface area contributed by atoms with Gasteiger partial charge in [-0.3, -0.25) is 0 Å². The Labute approximate surface area is 93.3 Å². The lowest BCUT2D eigenvalue weighted by molar-refractivity contribution is 0.415. The number of hydrogen-bond donors (Lipinski definition) is 0. The first kappa shape index (κ1) is 11.1. The average Bonchev–Trinajstić information content (AvgIpc) is 2.17. The van der Waals surface area contributed by atoms with Crippen LogP contribution in [0, 0.1) is 0 Å². The number of ether oxygens (including phenoxy) is 1. The van der Waals surface area contributed by atoms with Gasteiger partial charge in [-0.15, -0.1) is 12.4 Å². The standard InChI is InChI=1S/C10H8ClNO.ClH/c1-13-8-3-4-9-7(6-8)2-5-10(11)12-9;/h2-6H,1H3;1H. The van der Waals surface area contributed by atoms with Crippen molar-refractivity contribution in [3.63, 3.8) is 0 Å². The Bertz CT molecular complexity index is 445. The highest BCUT2D eigenvalue weighted by molar-refractivity contribution is 6.29. The average molecular weight is 230 g/mol. The van der Waals surface area contributed by atoms with E-state index >= 15 is 0 Å². The van der Waals surface area contributed by atoms with Crippen molar-refractivity contribution in [1.82, 2.24) is 4.98 Å². The first-order valence-corrected chi connectivity index (χ1v) is 4.28. The molecule has 2 aromatic rings. The van der Waals surface area contributed by atoms with Crippen LogP contribution in [0.25, 0.3) is 10.9 Å². The van der Waals surface area contributed by atoms with E-state index in [9.17, 15) is 0 Å². The fourth-order valence-electron chi connectivity index (χ4n) is 1.21. The summed E-state index contributed by atoms with van der Waals surface area (Å²) in [5, 5.41) is 1.54. The highest BCUT2D eigenvalue weighted by Gasteiger charge is 1.97. The number of methoxy groups -OCH3 is 1. The third-order valence-corrected chi connectivity index (χ3v) is 2.07. The SMILES string of the molecule is COc1ccc2nc(Cl)ccc2c1.Cl. The van der Waals surface area contributed by atoms with Crippen LogP contribution in [0.5, 0.6) is 5.75 Å². The second-order valence-corrected chi connectivity index (χ2v) is 3.08. The summed E-state index contributed by atoms with van der Waals surface area (Å²) < 4.78 is 5.09. The van der Waals surface area contributed by atoms with Crippen LogP contribution in [-0.4, -0.2) is 12.1 Å². The number of rotatable bonds is 1. The molecule has 0 spiro atoms. The van der Waals surface area contributed by atoms with E-state index in [1.807, 2.05) is 24.3 Å². The van der Waals surface area contributed by atoms with Gasteiger partial charge in [-0.05, 0) is 30.3 Å². The molecule has 0 N–H and O–H groups in total. The maximum atomic E-state index is 5.75. The van der Waals surface area contributed by atoms with Crippen LogP contribution in [0.1, 0.15) is 0 Å². The summed E-state index contributed by atoms with van der Waals surface area (Å²) in [7, 11) is 1.64. The van der Waals surface area contributed by atoms with Gasteiger partial charge >= 0.3 is 0 Å². The summed E-state index contributed by atoms with van der Waals surface area (Å²) in [6, 6.07) is 9.38. The molecule has 74 valence electrons. The van der Waals surface area contributed by atoms with Gasteiger partial charge < -0.3 is 4.74 Å². The van der Waals surface area contributed by atoms with Crippen molar-refractivity contribution in [2.45, 2.75) is 0 Å². The molecule has 0 fully saturated rings. The third kappa shape index (κ3) is 2.08. The number of halogens is 2. The van der Waals surface area contributed by atoms with E-state index < -0.39 is 0 Å². The lowest BCUT2D eigenvalue weighted by atomic mass is 10.2. The van der Waals surface area contributed by atoms with Crippen LogP contribution in [0.3, 0.4) is 0 Å². The van der Waals surface area contributed by atoms with Gasteiger partial charge in [0.2, 0.25) is 0 Å². The van der Waals surface area contributed by atoms with Crippen LogP contribution in [0.2, 0.25) is 5.15 Å². The predicted molar refractivity (Wildman–Crippen MR) is 60.6 cm³/mol. The zero-order valence-corrected chi connectivity index (χ0v) is 9.10. The smallest absolute Gasteiger partial charge is 0.129 e. The summed E-state index contributed by atoms with van der Waals surface area (Å²) in [6.45, 7) is 0. The maximum absolute atomic E-state index is 5.75. The zero-order chi connectivity index (χ0) is 9.26. The molecule has 1 heterocycles. The van der Waals surface area contributed by atoms with E-state index in [0.29, 0.717) is 5.15 Å². The second-order valence-electron chi connectivity index (χ2n) is 2.69. The van der Waals surface area contributed by atoms with Gasteiger partial charge in [0.15, 0.2) is 0 Å². The van der Waals surface area contributed by atoms with Crippen molar-refractivity contribution < 1.29 is 4.74 Å². The van der Waals surface area contributed by atoms with Crippen LogP contribution in [0.4, 0.5) is 0 Å². The Hall–Kier alpha value is -0.990. The molecule has 4 heteroatoms. The van der Waals surface area contributed by atoms with Gasteiger partial charge in [0.1, 0.15) is 10.9 Å². The normalized spacial score (nSPS) is 9.57. The van der Waals surface area contributed by atoms with E-state index in [-0.39, 0.29) is 12.4 Å². The first-order chi connectivity index (χ1) is 6.29. The molecule has 2 rings (SSSR count). The van der Waals surface area contributed by atoms with Crippen molar-refractivity contribution in [3.8, 4) is 5.75 Å². The van der Waals surface area contributed by atoms with Crippen molar-refractivity contribution in [2.24, 2.45) is 0 Å². The van der Waals surface area contributed by atoms with E-state index in [0.717, 1.165) is 16.7 Å². The highest BCUT2D eigenvalue weighted by Crippen LogP contribution is 2.20. The van der Waals surface area contributed by atoms with Crippen molar-refractivity contribution >= 4 is 34.9 Å². The largest absolute Gasteiger partial charge is 0.497 e. The molecule has 0 amide bonds. The zero-order valence-electron chi connectivity index (χ0n) is 7.53. The summed E-state index contributed by atoms with van der Waals surface area (Å²) in [4.78, 5) is 4.16. The molecule has 0 bridgehead atoms. The molecule has 0 saturated carbocycles. The Morgan fingerprint density at radius 3 is 2.71 bits per heavy atom. The fourth-order valence-corrected chi connectivity index (χ4v) is 1.36. The van der Waals surface area contributed by atoms with E-state index in [1.165, 1.54) is 0 Å². The molecule has 2 nitrogen and oxygen atoms in total. The van der Waals surface area contributed by atoms with Crippen LogP contribution < -0.4 is 4.74 Å². The Kier molecular flexibility index (Phi) is 3.55.